The fourth-order valence-electron chi connectivity index (χ4n) is 1.78. The van der Waals surface area contributed by atoms with E-state index in [2.05, 4.69) is 0 Å². The molecule has 1 heterocycles. The van der Waals surface area contributed by atoms with Crippen molar-refractivity contribution in [3.05, 3.63) is 29.1 Å². The summed E-state index contributed by atoms with van der Waals surface area (Å²) in [5.41, 5.74) is 7.10. The number of nitrogens with two attached hydrogens (primary N) is 1. The SMILES string of the molecule is NC(CCO)c1cc(F)cc2c1OCOC2. The van der Waals surface area contributed by atoms with Gasteiger partial charge in [0, 0.05) is 23.8 Å². The van der Waals surface area contributed by atoms with Gasteiger partial charge < -0.3 is 20.3 Å². The Morgan fingerprint density at radius 3 is 3.06 bits per heavy atom. The maximum absolute atomic E-state index is 13.3. The molecule has 0 spiro atoms. The van der Waals surface area contributed by atoms with Crippen molar-refractivity contribution in [3.63, 3.8) is 0 Å². The highest BCUT2D eigenvalue weighted by Crippen LogP contribution is 2.33. The van der Waals surface area contributed by atoms with E-state index in [1.165, 1.54) is 12.1 Å². The highest BCUT2D eigenvalue weighted by molar-refractivity contribution is 5.44. The van der Waals surface area contributed by atoms with Gasteiger partial charge in [0.1, 0.15) is 11.6 Å². The third-order valence-corrected chi connectivity index (χ3v) is 2.54. The topological polar surface area (TPSA) is 64.7 Å². The van der Waals surface area contributed by atoms with Gasteiger partial charge in [0.15, 0.2) is 6.79 Å². The molecular formula is C11H14FNO3. The lowest BCUT2D eigenvalue weighted by Gasteiger charge is -2.23. The van der Waals surface area contributed by atoms with Crippen LogP contribution in [0.3, 0.4) is 0 Å². The molecule has 0 saturated heterocycles. The third-order valence-electron chi connectivity index (χ3n) is 2.54. The number of hydrogen-bond acceptors (Lipinski definition) is 4. The lowest BCUT2D eigenvalue weighted by atomic mass is 10.00. The van der Waals surface area contributed by atoms with Crippen molar-refractivity contribution in [1.82, 2.24) is 0 Å². The number of hydrogen-bond donors (Lipinski definition) is 2. The molecule has 2 rings (SSSR count). The van der Waals surface area contributed by atoms with E-state index >= 15 is 0 Å². The summed E-state index contributed by atoms with van der Waals surface area (Å²) in [4.78, 5) is 0. The minimum absolute atomic E-state index is 0.0387. The van der Waals surface area contributed by atoms with Crippen molar-refractivity contribution in [2.24, 2.45) is 5.73 Å². The fourth-order valence-corrected chi connectivity index (χ4v) is 1.78. The zero-order valence-electron chi connectivity index (χ0n) is 8.78. The van der Waals surface area contributed by atoms with E-state index in [9.17, 15) is 4.39 Å². The standard InChI is InChI=1S/C11H14FNO3/c12-8-3-7-5-15-6-16-11(7)9(4-8)10(13)1-2-14/h3-4,10,14H,1-2,5-6,13H2. The van der Waals surface area contributed by atoms with E-state index in [-0.39, 0.29) is 19.2 Å². The zero-order valence-corrected chi connectivity index (χ0v) is 8.78. The maximum atomic E-state index is 13.3. The Kier molecular flexibility index (Phi) is 3.38. The van der Waals surface area contributed by atoms with Crippen molar-refractivity contribution in [1.29, 1.82) is 0 Å². The molecule has 0 aliphatic carbocycles. The minimum atomic E-state index is -0.424. The zero-order chi connectivity index (χ0) is 11.5. The number of halogens is 1. The molecule has 0 amide bonds. The highest BCUT2D eigenvalue weighted by atomic mass is 19.1. The van der Waals surface area contributed by atoms with E-state index in [1.807, 2.05) is 0 Å². The molecule has 1 aliphatic heterocycles. The van der Waals surface area contributed by atoms with Crippen molar-refractivity contribution in [2.45, 2.75) is 19.1 Å². The molecule has 1 aromatic rings. The second-order valence-corrected chi connectivity index (χ2v) is 3.71. The Bertz CT molecular complexity index is 384. The summed E-state index contributed by atoms with van der Waals surface area (Å²) in [5, 5.41) is 8.83. The molecule has 88 valence electrons. The van der Waals surface area contributed by atoms with Crippen LogP contribution in [0.5, 0.6) is 5.75 Å². The van der Waals surface area contributed by atoms with Crippen LogP contribution in [-0.4, -0.2) is 18.5 Å². The molecule has 4 nitrogen and oxygen atoms in total. The van der Waals surface area contributed by atoms with Gasteiger partial charge in [-0.3, -0.25) is 0 Å². The van der Waals surface area contributed by atoms with Crippen LogP contribution < -0.4 is 10.5 Å². The summed E-state index contributed by atoms with van der Waals surface area (Å²) in [7, 11) is 0. The largest absolute Gasteiger partial charge is 0.467 e. The first-order chi connectivity index (χ1) is 7.72. The number of aliphatic hydroxyl groups excluding tert-OH is 1. The van der Waals surface area contributed by atoms with Crippen LogP contribution in [0.2, 0.25) is 0 Å². The Labute approximate surface area is 92.8 Å². The number of aliphatic hydroxyl groups is 1. The Balaban J connectivity index is 2.38. The van der Waals surface area contributed by atoms with E-state index < -0.39 is 6.04 Å². The smallest absolute Gasteiger partial charge is 0.189 e. The second kappa shape index (κ2) is 4.78. The van der Waals surface area contributed by atoms with Crippen molar-refractivity contribution in [2.75, 3.05) is 13.4 Å². The molecule has 0 radical (unpaired) electrons. The van der Waals surface area contributed by atoms with Gasteiger partial charge >= 0.3 is 0 Å². The molecule has 1 aliphatic rings. The monoisotopic (exact) mass is 227 g/mol. The van der Waals surface area contributed by atoms with Crippen LogP contribution >= 0.6 is 0 Å². The number of benzene rings is 1. The van der Waals surface area contributed by atoms with Crippen LogP contribution in [0.15, 0.2) is 12.1 Å². The normalized spacial score (nSPS) is 16.4. The van der Waals surface area contributed by atoms with E-state index in [0.29, 0.717) is 29.9 Å². The van der Waals surface area contributed by atoms with Gasteiger partial charge in [-0.05, 0) is 18.6 Å². The van der Waals surface area contributed by atoms with Crippen LogP contribution in [0.4, 0.5) is 4.39 Å². The average Bonchev–Trinajstić information content (AvgIpc) is 2.28. The molecule has 0 aromatic heterocycles. The molecule has 1 unspecified atom stereocenters. The lowest BCUT2D eigenvalue weighted by Crippen LogP contribution is -2.19. The van der Waals surface area contributed by atoms with Gasteiger partial charge in [-0.1, -0.05) is 0 Å². The number of rotatable bonds is 3. The molecule has 16 heavy (non-hydrogen) atoms. The predicted molar refractivity (Wildman–Crippen MR) is 55.3 cm³/mol. The molecule has 1 atom stereocenters. The summed E-state index contributed by atoms with van der Waals surface area (Å²) in [5.74, 6) is 0.227. The summed E-state index contributed by atoms with van der Waals surface area (Å²) < 4.78 is 23.7. The molecule has 0 fully saturated rings. The Morgan fingerprint density at radius 2 is 2.31 bits per heavy atom. The summed E-state index contributed by atoms with van der Waals surface area (Å²) >= 11 is 0. The second-order valence-electron chi connectivity index (χ2n) is 3.71. The summed E-state index contributed by atoms with van der Waals surface area (Å²) in [6.45, 7) is 0.437. The molecular weight excluding hydrogens is 213 g/mol. The first kappa shape index (κ1) is 11.3. The van der Waals surface area contributed by atoms with E-state index in [4.69, 9.17) is 20.3 Å². The van der Waals surface area contributed by atoms with Crippen molar-refractivity contribution in [3.8, 4) is 5.75 Å². The Hall–Kier alpha value is -1.17. The number of fused-ring (bicyclic) bond motifs is 1. The van der Waals surface area contributed by atoms with Gasteiger partial charge in [0.25, 0.3) is 0 Å². The molecule has 0 bridgehead atoms. The first-order valence-electron chi connectivity index (χ1n) is 5.11. The van der Waals surface area contributed by atoms with Gasteiger partial charge in [-0.2, -0.15) is 0 Å². The van der Waals surface area contributed by atoms with Crippen LogP contribution in [-0.2, 0) is 11.3 Å². The third kappa shape index (κ3) is 2.16. The average molecular weight is 227 g/mol. The summed E-state index contributed by atoms with van der Waals surface area (Å²) in [6, 6.07) is 2.31. The molecule has 1 aromatic carbocycles. The maximum Gasteiger partial charge on any atom is 0.189 e. The van der Waals surface area contributed by atoms with Gasteiger partial charge in [-0.25, -0.2) is 4.39 Å². The van der Waals surface area contributed by atoms with Gasteiger partial charge in [-0.15, -0.1) is 0 Å². The van der Waals surface area contributed by atoms with Gasteiger partial charge in [0.05, 0.1) is 6.61 Å². The Morgan fingerprint density at radius 1 is 1.50 bits per heavy atom. The van der Waals surface area contributed by atoms with E-state index in [0.717, 1.165) is 0 Å². The first-order valence-corrected chi connectivity index (χ1v) is 5.11. The van der Waals surface area contributed by atoms with Crippen LogP contribution in [0.1, 0.15) is 23.6 Å². The van der Waals surface area contributed by atoms with Crippen molar-refractivity contribution >= 4 is 0 Å². The summed E-state index contributed by atoms with van der Waals surface area (Å²) in [6.07, 6.45) is 0.375. The minimum Gasteiger partial charge on any atom is -0.467 e. The van der Waals surface area contributed by atoms with Crippen LogP contribution in [0.25, 0.3) is 0 Å². The van der Waals surface area contributed by atoms with E-state index in [1.54, 1.807) is 0 Å². The van der Waals surface area contributed by atoms with Crippen molar-refractivity contribution < 1.29 is 19.0 Å². The van der Waals surface area contributed by atoms with Crippen LogP contribution in [0, 0.1) is 5.82 Å². The molecule has 0 saturated carbocycles. The molecule has 5 heteroatoms. The lowest BCUT2D eigenvalue weighted by molar-refractivity contribution is -0.0175. The quantitative estimate of drug-likeness (QED) is 0.810. The fraction of sp³-hybridized carbons (Fsp3) is 0.455. The van der Waals surface area contributed by atoms with Gasteiger partial charge in [0.2, 0.25) is 0 Å². The number of ether oxygens (including phenoxy) is 2. The predicted octanol–water partition coefficient (Wildman–Crippen LogP) is 1.07. The molecule has 3 N–H and O–H groups in total. The highest BCUT2D eigenvalue weighted by Gasteiger charge is 2.20.